The number of rotatable bonds is 2. The molecule has 0 spiro atoms. The van der Waals surface area contributed by atoms with Crippen molar-refractivity contribution in [3.05, 3.63) is 0 Å². The van der Waals surface area contributed by atoms with Crippen LogP contribution in [-0.4, -0.2) is 69.7 Å². The second-order valence-corrected chi connectivity index (χ2v) is 3.76. The topological polar surface area (TPSA) is 59.1 Å². The molecule has 0 unspecified atom stereocenters. The summed E-state index contributed by atoms with van der Waals surface area (Å²) in [6, 6.07) is 0. The van der Waals surface area contributed by atoms with E-state index in [1.54, 1.807) is 28.2 Å². The predicted molar refractivity (Wildman–Crippen MR) is 54.3 cm³/mol. The minimum Gasteiger partial charge on any atom is -0.400 e. The zero-order valence-electron chi connectivity index (χ0n) is 9.39. The molecule has 1 aliphatic heterocycles. The number of amides is 2. The summed E-state index contributed by atoms with van der Waals surface area (Å²) in [5.74, 6) is -0.514. The minimum absolute atomic E-state index is 0.0194. The fourth-order valence-corrected chi connectivity index (χ4v) is 1.27. The molecule has 0 bridgehead atoms. The molecule has 1 fully saturated rings. The molecule has 1 heterocycles. The lowest BCUT2D eigenvalue weighted by Gasteiger charge is -2.22. The highest BCUT2D eigenvalue weighted by molar-refractivity contribution is 6.21. The van der Waals surface area contributed by atoms with Crippen LogP contribution in [0.3, 0.4) is 0 Å². The van der Waals surface area contributed by atoms with E-state index < -0.39 is 12.2 Å². The maximum Gasteiger partial charge on any atom is 0.439 e. The molecule has 2 atom stereocenters. The van der Waals surface area contributed by atoms with Crippen LogP contribution in [0.25, 0.3) is 0 Å². The van der Waals surface area contributed by atoms with Crippen LogP contribution in [0.2, 0.25) is 0 Å². The van der Waals surface area contributed by atoms with Gasteiger partial charge in [0.25, 0.3) is 11.8 Å². The molecule has 0 aromatic heterocycles. The quantitative estimate of drug-likeness (QED) is 0.509. The van der Waals surface area contributed by atoms with Gasteiger partial charge >= 0.3 is 7.69 Å². The Kier molecular flexibility index (Phi) is 3.70. The smallest absolute Gasteiger partial charge is 0.400 e. The van der Waals surface area contributed by atoms with E-state index in [4.69, 9.17) is 9.31 Å². The average Bonchev–Trinajstić information content (AvgIpc) is 2.63. The maximum atomic E-state index is 11.6. The Hall–Kier alpha value is -1.08. The number of carbonyl (C=O) groups is 2. The van der Waals surface area contributed by atoms with Crippen LogP contribution in [0.15, 0.2) is 0 Å². The Morgan fingerprint density at radius 3 is 1.53 bits per heavy atom. The molecule has 0 N–H and O–H groups in total. The Balaban J connectivity index is 2.73. The number of carbonyl (C=O) groups excluding carboxylic acids is 2. The van der Waals surface area contributed by atoms with E-state index in [1.807, 2.05) is 0 Å². The van der Waals surface area contributed by atoms with Crippen molar-refractivity contribution in [2.75, 3.05) is 28.2 Å². The zero-order chi connectivity index (χ0) is 11.6. The number of likely N-dealkylation sites (N-methyl/N-ethyl adjacent to an activating group) is 2. The molecule has 0 radical (unpaired) electrons. The second-order valence-electron chi connectivity index (χ2n) is 3.76. The van der Waals surface area contributed by atoms with E-state index in [2.05, 4.69) is 0 Å². The highest BCUT2D eigenvalue weighted by atomic mass is 16.6. The monoisotopic (exact) mass is 214 g/mol. The van der Waals surface area contributed by atoms with Crippen LogP contribution in [0.5, 0.6) is 0 Å². The number of hydrogen-bond donors (Lipinski definition) is 0. The van der Waals surface area contributed by atoms with E-state index in [0.29, 0.717) is 0 Å². The lowest BCUT2D eigenvalue weighted by atomic mass is 10.1. The Morgan fingerprint density at radius 1 is 0.933 bits per heavy atom. The number of nitrogens with zero attached hydrogens (tertiary/aromatic N) is 2. The van der Waals surface area contributed by atoms with Crippen molar-refractivity contribution < 1.29 is 18.9 Å². The minimum atomic E-state index is -0.824. The van der Waals surface area contributed by atoms with E-state index >= 15 is 0 Å². The summed E-state index contributed by atoms with van der Waals surface area (Å²) in [6.45, 7) is 0. The van der Waals surface area contributed by atoms with Crippen LogP contribution in [0, 0.1) is 0 Å². The molecule has 7 heteroatoms. The van der Waals surface area contributed by atoms with Gasteiger partial charge in [-0.05, 0) is 0 Å². The maximum absolute atomic E-state index is 11.6. The van der Waals surface area contributed by atoms with Crippen molar-refractivity contribution in [2.24, 2.45) is 0 Å². The molecule has 0 aliphatic carbocycles. The average molecular weight is 214 g/mol. The molecule has 1 rings (SSSR count). The van der Waals surface area contributed by atoms with E-state index in [-0.39, 0.29) is 19.5 Å². The van der Waals surface area contributed by atoms with E-state index in [1.165, 1.54) is 9.80 Å². The van der Waals surface area contributed by atoms with Crippen molar-refractivity contribution in [1.82, 2.24) is 9.80 Å². The van der Waals surface area contributed by atoms with Gasteiger partial charge in [0.15, 0.2) is 12.2 Å². The molecule has 2 amide bonds. The van der Waals surface area contributed by atoms with Gasteiger partial charge < -0.3 is 19.1 Å². The van der Waals surface area contributed by atoms with Crippen LogP contribution in [0.4, 0.5) is 0 Å². The van der Waals surface area contributed by atoms with Gasteiger partial charge in [0.05, 0.1) is 0 Å². The van der Waals surface area contributed by atoms with Gasteiger partial charge in [-0.1, -0.05) is 0 Å². The van der Waals surface area contributed by atoms with Crippen LogP contribution in [-0.2, 0) is 18.9 Å². The third-order valence-electron chi connectivity index (χ3n) is 2.14. The summed E-state index contributed by atoms with van der Waals surface area (Å²) in [6.07, 6.45) is -1.65. The van der Waals surface area contributed by atoms with Crippen LogP contribution in [0.1, 0.15) is 0 Å². The molecule has 0 aromatic carbocycles. The summed E-state index contributed by atoms with van der Waals surface area (Å²) in [5, 5.41) is 0. The van der Waals surface area contributed by atoms with E-state index in [0.717, 1.165) is 0 Å². The molecule has 15 heavy (non-hydrogen) atoms. The van der Waals surface area contributed by atoms with Gasteiger partial charge in [-0.15, -0.1) is 0 Å². The summed E-state index contributed by atoms with van der Waals surface area (Å²) >= 11 is 0. The Labute approximate surface area is 89.4 Å². The van der Waals surface area contributed by atoms with Gasteiger partial charge in [0.2, 0.25) is 0 Å². The van der Waals surface area contributed by atoms with Crippen LogP contribution < -0.4 is 0 Å². The lowest BCUT2D eigenvalue weighted by molar-refractivity contribution is -0.146. The summed E-state index contributed by atoms with van der Waals surface area (Å²) in [5.41, 5.74) is 0. The number of hydrogen-bond acceptors (Lipinski definition) is 4. The van der Waals surface area contributed by atoms with Gasteiger partial charge in [-0.3, -0.25) is 9.59 Å². The fraction of sp³-hybridized carbons (Fsp3) is 0.750. The van der Waals surface area contributed by atoms with Crippen molar-refractivity contribution in [2.45, 2.75) is 12.2 Å². The van der Waals surface area contributed by atoms with E-state index in [9.17, 15) is 9.59 Å². The third kappa shape index (κ3) is 2.48. The first-order valence-corrected chi connectivity index (χ1v) is 4.60. The highest BCUT2D eigenvalue weighted by Gasteiger charge is 2.41. The summed E-state index contributed by atoms with van der Waals surface area (Å²) in [7, 11) is 6.43. The Bertz CT molecular complexity index is 243. The fourth-order valence-electron chi connectivity index (χ4n) is 1.27. The molecule has 1 saturated heterocycles. The first-order valence-electron chi connectivity index (χ1n) is 4.60. The zero-order valence-corrected chi connectivity index (χ0v) is 9.39. The highest BCUT2D eigenvalue weighted by Crippen LogP contribution is 2.15. The molecule has 0 aromatic rings. The van der Waals surface area contributed by atoms with Crippen molar-refractivity contribution in [3.63, 3.8) is 0 Å². The van der Waals surface area contributed by atoms with Gasteiger partial charge in [0, 0.05) is 28.2 Å². The standard InChI is InChI=1S/C8H15BN2O4/c1-10(2)7(12)5-6(15-9-14-5)8(13)11(3)4/h5-6,9H,1-4H3/t5-,6-/m0/s1. The molecule has 6 nitrogen and oxygen atoms in total. The lowest BCUT2D eigenvalue weighted by Crippen LogP contribution is -2.47. The van der Waals surface area contributed by atoms with Crippen LogP contribution >= 0.6 is 0 Å². The molecule has 84 valence electrons. The SMILES string of the molecule is CN(C)C(=O)[C@H]1OBO[C@@H]1C(=O)N(C)C. The molecule has 1 aliphatic rings. The first kappa shape index (κ1) is 12.0. The van der Waals surface area contributed by atoms with Crippen molar-refractivity contribution in [3.8, 4) is 0 Å². The molecule has 0 saturated carbocycles. The molecular formula is C8H15BN2O4. The van der Waals surface area contributed by atoms with Crippen molar-refractivity contribution in [1.29, 1.82) is 0 Å². The first-order chi connectivity index (χ1) is 6.95. The molecular weight excluding hydrogens is 199 g/mol. The largest absolute Gasteiger partial charge is 0.439 e. The third-order valence-corrected chi connectivity index (χ3v) is 2.14. The van der Waals surface area contributed by atoms with Gasteiger partial charge in [-0.25, -0.2) is 0 Å². The Morgan fingerprint density at radius 2 is 1.27 bits per heavy atom. The van der Waals surface area contributed by atoms with Gasteiger partial charge in [0.1, 0.15) is 0 Å². The van der Waals surface area contributed by atoms with Gasteiger partial charge in [-0.2, -0.15) is 0 Å². The second kappa shape index (κ2) is 4.63. The predicted octanol–water partition coefficient (Wildman–Crippen LogP) is -1.79. The van der Waals surface area contributed by atoms with Crippen molar-refractivity contribution >= 4 is 19.5 Å². The normalized spacial score (nSPS) is 24.5. The summed E-state index contributed by atoms with van der Waals surface area (Å²) in [4.78, 5) is 26.0. The summed E-state index contributed by atoms with van der Waals surface area (Å²) < 4.78 is 10.2.